The number of hydrogen-bond acceptors (Lipinski definition) is 5. The van der Waals surface area contributed by atoms with Crippen LogP contribution in [0.5, 0.6) is 0 Å². The maximum atomic E-state index is 11.1. The standard InChI is InChI=1S/C19H13N3O3/c23-22(24)17-3-1-2-14(11-17)18-10-13(8-15-4-7-25-19(15)18)9-16-12-20-5-6-21-16/h1-8,10-12H,9H2. The number of nitrogens with zero attached hydrogens (tertiary/aromatic N) is 3. The molecule has 122 valence electrons. The van der Waals surface area contributed by atoms with Gasteiger partial charge in [-0.2, -0.15) is 0 Å². The summed E-state index contributed by atoms with van der Waals surface area (Å²) in [5.74, 6) is 0. The van der Waals surface area contributed by atoms with Crippen LogP contribution in [0.2, 0.25) is 0 Å². The molecule has 0 spiro atoms. The van der Waals surface area contributed by atoms with Crippen molar-refractivity contribution in [2.45, 2.75) is 6.42 Å². The summed E-state index contributed by atoms with van der Waals surface area (Å²) in [7, 11) is 0. The molecule has 0 atom stereocenters. The lowest BCUT2D eigenvalue weighted by atomic mass is 9.98. The average Bonchev–Trinajstić information content (AvgIpc) is 3.10. The number of rotatable bonds is 4. The molecule has 0 saturated heterocycles. The van der Waals surface area contributed by atoms with Crippen LogP contribution in [0.15, 0.2) is 71.7 Å². The zero-order chi connectivity index (χ0) is 17.2. The maximum Gasteiger partial charge on any atom is 0.270 e. The molecule has 6 nitrogen and oxygen atoms in total. The van der Waals surface area contributed by atoms with Gasteiger partial charge in [0.1, 0.15) is 5.58 Å². The number of benzene rings is 2. The minimum Gasteiger partial charge on any atom is -0.464 e. The van der Waals surface area contributed by atoms with Gasteiger partial charge in [-0.3, -0.25) is 20.1 Å². The summed E-state index contributed by atoms with van der Waals surface area (Å²) in [6.45, 7) is 0. The van der Waals surface area contributed by atoms with Gasteiger partial charge in [0.25, 0.3) is 5.69 Å². The van der Waals surface area contributed by atoms with Gasteiger partial charge in [0.05, 0.1) is 16.9 Å². The molecule has 6 heteroatoms. The first-order valence-electron chi connectivity index (χ1n) is 7.70. The highest BCUT2D eigenvalue weighted by atomic mass is 16.6. The Morgan fingerprint density at radius 2 is 2.04 bits per heavy atom. The predicted octanol–water partition coefficient (Wildman–Crippen LogP) is 4.39. The van der Waals surface area contributed by atoms with Gasteiger partial charge in [-0.1, -0.05) is 12.1 Å². The molecule has 2 aromatic heterocycles. The molecule has 0 amide bonds. The highest BCUT2D eigenvalue weighted by Gasteiger charge is 2.13. The summed E-state index contributed by atoms with van der Waals surface area (Å²) in [5, 5.41) is 12.0. The van der Waals surface area contributed by atoms with Crippen molar-refractivity contribution in [3.63, 3.8) is 0 Å². The van der Waals surface area contributed by atoms with E-state index in [4.69, 9.17) is 4.42 Å². The third-order valence-electron chi connectivity index (χ3n) is 3.98. The van der Waals surface area contributed by atoms with Gasteiger partial charge >= 0.3 is 0 Å². The van der Waals surface area contributed by atoms with Gasteiger partial charge in [0, 0.05) is 48.1 Å². The van der Waals surface area contributed by atoms with Crippen molar-refractivity contribution in [2.75, 3.05) is 0 Å². The first kappa shape index (κ1) is 15.0. The highest BCUT2D eigenvalue weighted by Crippen LogP contribution is 2.33. The molecule has 0 fully saturated rings. The molecule has 4 rings (SSSR count). The third-order valence-corrected chi connectivity index (χ3v) is 3.98. The van der Waals surface area contributed by atoms with Crippen LogP contribution in [0.25, 0.3) is 22.1 Å². The smallest absolute Gasteiger partial charge is 0.270 e. The van der Waals surface area contributed by atoms with E-state index in [1.165, 1.54) is 6.07 Å². The van der Waals surface area contributed by atoms with Crippen LogP contribution in [-0.4, -0.2) is 14.9 Å². The third kappa shape index (κ3) is 2.97. The van der Waals surface area contributed by atoms with Crippen molar-refractivity contribution in [3.8, 4) is 11.1 Å². The fourth-order valence-electron chi connectivity index (χ4n) is 2.88. The summed E-state index contributed by atoms with van der Waals surface area (Å²) in [4.78, 5) is 19.1. The molecule has 0 unspecified atom stereocenters. The van der Waals surface area contributed by atoms with E-state index in [2.05, 4.69) is 9.97 Å². The second-order valence-electron chi connectivity index (χ2n) is 5.66. The Bertz CT molecular complexity index is 1060. The Morgan fingerprint density at radius 1 is 1.12 bits per heavy atom. The van der Waals surface area contributed by atoms with Crippen LogP contribution < -0.4 is 0 Å². The van der Waals surface area contributed by atoms with Gasteiger partial charge in [-0.05, 0) is 29.3 Å². The van der Waals surface area contributed by atoms with Gasteiger partial charge in [-0.15, -0.1) is 0 Å². The molecule has 0 aliphatic heterocycles. The lowest BCUT2D eigenvalue weighted by Crippen LogP contribution is -1.94. The van der Waals surface area contributed by atoms with E-state index in [-0.39, 0.29) is 5.69 Å². The predicted molar refractivity (Wildman–Crippen MR) is 93.1 cm³/mol. The van der Waals surface area contributed by atoms with E-state index >= 15 is 0 Å². The first-order chi connectivity index (χ1) is 12.2. The average molecular weight is 331 g/mol. The van der Waals surface area contributed by atoms with Crippen LogP contribution >= 0.6 is 0 Å². The first-order valence-corrected chi connectivity index (χ1v) is 7.70. The molecule has 0 aliphatic carbocycles. The fraction of sp³-hybridized carbons (Fsp3) is 0.0526. The molecule has 2 heterocycles. The largest absolute Gasteiger partial charge is 0.464 e. The quantitative estimate of drug-likeness (QED) is 0.409. The second-order valence-corrected chi connectivity index (χ2v) is 5.66. The molecule has 0 N–H and O–H groups in total. The molecule has 4 aromatic rings. The molecule has 0 radical (unpaired) electrons. The molecule has 2 aromatic carbocycles. The Labute approximate surface area is 142 Å². The van der Waals surface area contributed by atoms with Crippen molar-refractivity contribution in [2.24, 2.45) is 0 Å². The van der Waals surface area contributed by atoms with E-state index in [1.54, 1.807) is 37.0 Å². The molecule has 25 heavy (non-hydrogen) atoms. The number of aromatic nitrogens is 2. The Morgan fingerprint density at radius 3 is 2.84 bits per heavy atom. The molecule has 0 aliphatic rings. The van der Waals surface area contributed by atoms with Crippen molar-refractivity contribution >= 4 is 16.7 Å². The number of nitro benzene ring substituents is 1. The summed E-state index contributed by atoms with van der Waals surface area (Å²) < 4.78 is 5.61. The Hall–Kier alpha value is -3.54. The van der Waals surface area contributed by atoms with Gasteiger partial charge in [-0.25, -0.2) is 0 Å². The normalized spacial score (nSPS) is 10.9. The van der Waals surface area contributed by atoms with Crippen molar-refractivity contribution in [1.82, 2.24) is 9.97 Å². The Balaban J connectivity index is 1.84. The second kappa shape index (κ2) is 6.16. The van der Waals surface area contributed by atoms with E-state index in [9.17, 15) is 10.1 Å². The monoisotopic (exact) mass is 331 g/mol. The van der Waals surface area contributed by atoms with Crippen LogP contribution in [0, 0.1) is 10.1 Å². The number of hydrogen-bond donors (Lipinski definition) is 0. The lowest BCUT2D eigenvalue weighted by Gasteiger charge is -2.07. The van der Waals surface area contributed by atoms with Gasteiger partial charge in [0.15, 0.2) is 0 Å². The van der Waals surface area contributed by atoms with Gasteiger partial charge < -0.3 is 4.42 Å². The number of furan rings is 1. The molecular weight excluding hydrogens is 318 g/mol. The summed E-state index contributed by atoms with van der Waals surface area (Å²) in [6, 6.07) is 12.5. The van der Waals surface area contributed by atoms with Gasteiger partial charge in [0.2, 0.25) is 0 Å². The van der Waals surface area contributed by atoms with Crippen LogP contribution in [0.1, 0.15) is 11.3 Å². The van der Waals surface area contributed by atoms with Crippen LogP contribution in [0.3, 0.4) is 0 Å². The SMILES string of the molecule is O=[N+]([O-])c1cccc(-c2cc(Cc3cnccn3)cc3ccoc23)c1. The maximum absolute atomic E-state index is 11.1. The van der Waals surface area contributed by atoms with E-state index in [0.29, 0.717) is 12.0 Å². The van der Waals surface area contributed by atoms with Crippen molar-refractivity contribution < 1.29 is 9.34 Å². The van der Waals surface area contributed by atoms with E-state index < -0.39 is 4.92 Å². The number of non-ortho nitro benzene ring substituents is 1. The van der Waals surface area contributed by atoms with Crippen molar-refractivity contribution in [1.29, 1.82) is 0 Å². The van der Waals surface area contributed by atoms with E-state index in [0.717, 1.165) is 27.8 Å². The minimum atomic E-state index is -0.397. The number of fused-ring (bicyclic) bond motifs is 1. The minimum absolute atomic E-state index is 0.0523. The van der Waals surface area contributed by atoms with Crippen LogP contribution in [-0.2, 0) is 6.42 Å². The zero-order valence-electron chi connectivity index (χ0n) is 13.1. The summed E-state index contributed by atoms with van der Waals surface area (Å²) in [5.41, 5.74) is 4.23. The zero-order valence-corrected chi connectivity index (χ0v) is 13.1. The summed E-state index contributed by atoms with van der Waals surface area (Å²) >= 11 is 0. The highest BCUT2D eigenvalue weighted by molar-refractivity contribution is 5.93. The van der Waals surface area contributed by atoms with E-state index in [1.807, 2.05) is 24.3 Å². The summed E-state index contributed by atoms with van der Waals surface area (Å²) in [6.07, 6.45) is 7.27. The van der Waals surface area contributed by atoms with Crippen molar-refractivity contribution in [3.05, 3.63) is 88.7 Å². The molecule has 0 bridgehead atoms. The Kier molecular flexibility index (Phi) is 3.70. The van der Waals surface area contributed by atoms with Crippen LogP contribution in [0.4, 0.5) is 5.69 Å². The fourth-order valence-corrected chi connectivity index (χ4v) is 2.88. The number of nitro groups is 1. The molecular formula is C19H13N3O3. The topological polar surface area (TPSA) is 82.1 Å². The lowest BCUT2D eigenvalue weighted by molar-refractivity contribution is -0.384. The molecule has 0 saturated carbocycles.